The van der Waals surface area contributed by atoms with Crippen molar-refractivity contribution in [3.63, 3.8) is 0 Å². The lowest BCUT2D eigenvalue weighted by Gasteiger charge is -2.11. The fraction of sp³-hybridized carbons (Fsp3) is 0.263. The second kappa shape index (κ2) is 6.61. The van der Waals surface area contributed by atoms with Crippen LogP contribution in [0.1, 0.15) is 22.3 Å². The van der Waals surface area contributed by atoms with Crippen LogP contribution in [0.15, 0.2) is 30.3 Å². The molecule has 124 valence electrons. The van der Waals surface area contributed by atoms with Gasteiger partial charge in [0.1, 0.15) is 5.75 Å². The maximum Gasteiger partial charge on any atom is 0.264 e. The Morgan fingerprint density at radius 3 is 2.50 bits per heavy atom. The summed E-state index contributed by atoms with van der Waals surface area (Å²) in [6, 6.07) is 10.0. The summed E-state index contributed by atoms with van der Waals surface area (Å²) in [4.78, 5) is 16.7. The number of aryl methyl sites for hydroxylation is 4. The molecule has 1 amide bonds. The van der Waals surface area contributed by atoms with Crippen molar-refractivity contribution in [3.05, 3.63) is 52.6 Å². The van der Waals surface area contributed by atoms with E-state index in [0.29, 0.717) is 5.13 Å². The van der Waals surface area contributed by atoms with Gasteiger partial charge in [-0.15, -0.1) is 0 Å². The van der Waals surface area contributed by atoms with Crippen LogP contribution >= 0.6 is 11.3 Å². The summed E-state index contributed by atoms with van der Waals surface area (Å²) in [6.07, 6.45) is 0. The third kappa shape index (κ3) is 3.26. The quantitative estimate of drug-likeness (QED) is 0.758. The van der Waals surface area contributed by atoms with Gasteiger partial charge in [-0.3, -0.25) is 10.1 Å². The molecule has 0 saturated carbocycles. The number of ether oxygens (including phenoxy) is 1. The number of benzene rings is 2. The lowest BCUT2D eigenvalue weighted by atomic mass is 10.1. The van der Waals surface area contributed by atoms with Gasteiger partial charge in [-0.1, -0.05) is 35.6 Å². The summed E-state index contributed by atoms with van der Waals surface area (Å²) in [6.45, 7) is 8.02. The fourth-order valence-electron chi connectivity index (χ4n) is 2.60. The Morgan fingerprint density at radius 1 is 1.08 bits per heavy atom. The molecule has 24 heavy (non-hydrogen) atoms. The van der Waals surface area contributed by atoms with Crippen molar-refractivity contribution in [2.45, 2.75) is 27.7 Å². The maximum atomic E-state index is 12.2. The van der Waals surface area contributed by atoms with Gasteiger partial charge < -0.3 is 4.74 Å². The van der Waals surface area contributed by atoms with Crippen LogP contribution in [-0.2, 0) is 4.79 Å². The Hall–Kier alpha value is -2.40. The first-order valence-electron chi connectivity index (χ1n) is 7.81. The van der Waals surface area contributed by atoms with E-state index in [-0.39, 0.29) is 12.5 Å². The number of amides is 1. The number of fused-ring (bicyclic) bond motifs is 1. The van der Waals surface area contributed by atoms with E-state index >= 15 is 0 Å². The topological polar surface area (TPSA) is 51.2 Å². The van der Waals surface area contributed by atoms with Gasteiger partial charge in [-0.2, -0.15) is 0 Å². The monoisotopic (exact) mass is 340 g/mol. The standard InChI is InChI=1S/C19H20N2O2S/c1-11-8-9-15-17(14(11)4)21-19(24-15)20-16(22)10-23-18-12(2)6-5-7-13(18)3/h5-9H,10H2,1-4H3,(H,20,21,22). The van der Waals surface area contributed by atoms with Crippen LogP contribution in [0.2, 0.25) is 0 Å². The van der Waals surface area contributed by atoms with Gasteiger partial charge in [-0.25, -0.2) is 4.98 Å². The van der Waals surface area contributed by atoms with Gasteiger partial charge in [0.05, 0.1) is 10.2 Å². The van der Waals surface area contributed by atoms with Crippen LogP contribution in [0, 0.1) is 27.7 Å². The zero-order chi connectivity index (χ0) is 17.3. The van der Waals surface area contributed by atoms with Crippen molar-refractivity contribution in [1.29, 1.82) is 0 Å². The summed E-state index contributed by atoms with van der Waals surface area (Å²) in [5.41, 5.74) is 5.34. The molecule has 0 saturated heterocycles. The molecule has 0 radical (unpaired) electrons. The number of hydrogen-bond acceptors (Lipinski definition) is 4. The first kappa shape index (κ1) is 16.5. The van der Waals surface area contributed by atoms with Crippen LogP contribution in [0.25, 0.3) is 10.2 Å². The predicted molar refractivity (Wildman–Crippen MR) is 99.1 cm³/mol. The van der Waals surface area contributed by atoms with Gasteiger partial charge in [-0.05, 0) is 56.0 Å². The summed E-state index contributed by atoms with van der Waals surface area (Å²) in [5.74, 6) is 0.564. The van der Waals surface area contributed by atoms with Crippen LogP contribution in [0.4, 0.5) is 5.13 Å². The van der Waals surface area contributed by atoms with Crippen molar-refractivity contribution in [2.75, 3.05) is 11.9 Å². The van der Waals surface area contributed by atoms with Gasteiger partial charge in [0.15, 0.2) is 11.7 Å². The second-order valence-electron chi connectivity index (χ2n) is 5.93. The van der Waals surface area contributed by atoms with Crippen molar-refractivity contribution in [1.82, 2.24) is 4.98 Å². The molecule has 3 aromatic rings. The van der Waals surface area contributed by atoms with Gasteiger partial charge in [0.25, 0.3) is 5.91 Å². The molecule has 1 heterocycles. The Morgan fingerprint density at radius 2 is 1.79 bits per heavy atom. The number of carbonyl (C=O) groups is 1. The number of para-hydroxylation sites is 1. The average molecular weight is 340 g/mol. The SMILES string of the molecule is Cc1cccc(C)c1OCC(=O)Nc1nc2c(C)c(C)ccc2s1. The van der Waals surface area contributed by atoms with Crippen molar-refractivity contribution in [2.24, 2.45) is 0 Å². The van der Waals surface area contributed by atoms with E-state index in [0.717, 1.165) is 32.7 Å². The Kier molecular flexibility index (Phi) is 4.53. The minimum atomic E-state index is -0.203. The highest BCUT2D eigenvalue weighted by Gasteiger charge is 2.12. The Bertz CT molecular complexity index is 895. The van der Waals surface area contributed by atoms with E-state index in [9.17, 15) is 4.79 Å². The molecule has 5 heteroatoms. The highest BCUT2D eigenvalue weighted by atomic mass is 32.1. The molecule has 0 bridgehead atoms. The Labute approximate surface area is 145 Å². The predicted octanol–water partition coefficient (Wildman–Crippen LogP) is 4.55. The summed E-state index contributed by atoms with van der Waals surface area (Å²) >= 11 is 1.48. The first-order chi connectivity index (χ1) is 11.5. The highest BCUT2D eigenvalue weighted by molar-refractivity contribution is 7.22. The van der Waals surface area contributed by atoms with E-state index in [4.69, 9.17) is 4.74 Å². The summed E-state index contributed by atoms with van der Waals surface area (Å²) in [5, 5.41) is 3.44. The summed E-state index contributed by atoms with van der Waals surface area (Å²) < 4.78 is 6.76. The van der Waals surface area contributed by atoms with E-state index in [2.05, 4.69) is 23.3 Å². The minimum absolute atomic E-state index is 0.0281. The molecular weight excluding hydrogens is 320 g/mol. The van der Waals surface area contributed by atoms with Crippen molar-refractivity contribution in [3.8, 4) is 5.75 Å². The van der Waals surface area contributed by atoms with Gasteiger partial charge in [0, 0.05) is 0 Å². The highest BCUT2D eigenvalue weighted by Crippen LogP contribution is 2.29. The van der Waals surface area contributed by atoms with Gasteiger partial charge >= 0.3 is 0 Å². The van der Waals surface area contributed by atoms with Crippen molar-refractivity contribution < 1.29 is 9.53 Å². The molecular formula is C19H20N2O2S. The molecule has 0 spiro atoms. The maximum absolute atomic E-state index is 12.2. The first-order valence-corrected chi connectivity index (χ1v) is 8.63. The van der Waals surface area contributed by atoms with Crippen LogP contribution < -0.4 is 10.1 Å². The number of rotatable bonds is 4. The lowest BCUT2D eigenvalue weighted by molar-refractivity contribution is -0.118. The molecule has 0 aliphatic heterocycles. The van der Waals surface area contributed by atoms with Crippen LogP contribution in [0.3, 0.4) is 0 Å². The Balaban J connectivity index is 1.70. The zero-order valence-electron chi connectivity index (χ0n) is 14.3. The molecule has 1 aromatic heterocycles. The van der Waals surface area contributed by atoms with Gasteiger partial charge in [0.2, 0.25) is 0 Å². The lowest BCUT2D eigenvalue weighted by Crippen LogP contribution is -2.20. The second-order valence-corrected chi connectivity index (χ2v) is 6.96. The smallest absolute Gasteiger partial charge is 0.264 e. The molecule has 2 aromatic carbocycles. The van der Waals surface area contributed by atoms with Crippen LogP contribution in [-0.4, -0.2) is 17.5 Å². The number of nitrogens with one attached hydrogen (secondary N) is 1. The molecule has 0 aliphatic carbocycles. The molecule has 1 N–H and O–H groups in total. The number of nitrogens with zero attached hydrogens (tertiary/aromatic N) is 1. The molecule has 4 nitrogen and oxygen atoms in total. The van der Waals surface area contributed by atoms with Crippen molar-refractivity contribution >= 4 is 32.6 Å². The molecule has 0 unspecified atom stereocenters. The minimum Gasteiger partial charge on any atom is -0.483 e. The number of carbonyl (C=O) groups excluding carboxylic acids is 1. The molecule has 0 aliphatic rings. The van der Waals surface area contributed by atoms with E-state index in [1.54, 1.807) is 0 Å². The average Bonchev–Trinajstić information content (AvgIpc) is 2.94. The number of thiazole rings is 1. The summed E-state index contributed by atoms with van der Waals surface area (Å²) in [7, 11) is 0. The third-order valence-corrected chi connectivity index (χ3v) is 5.02. The number of hydrogen-bond donors (Lipinski definition) is 1. The number of anilines is 1. The zero-order valence-corrected chi connectivity index (χ0v) is 15.1. The largest absolute Gasteiger partial charge is 0.483 e. The fourth-order valence-corrected chi connectivity index (χ4v) is 3.54. The normalized spacial score (nSPS) is 10.8. The molecule has 0 atom stereocenters. The van der Waals surface area contributed by atoms with E-state index < -0.39 is 0 Å². The third-order valence-electron chi connectivity index (χ3n) is 4.09. The van der Waals surface area contributed by atoms with E-state index in [1.807, 2.05) is 45.0 Å². The van der Waals surface area contributed by atoms with E-state index in [1.165, 1.54) is 16.9 Å². The molecule has 3 rings (SSSR count). The number of aromatic nitrogens is 1. The van der Waals surface area contributed by atoms with Crippen LogP contribution in [0.5, 0.6) is 5.75 Å². The molecule has 0 fully saturated rings.